The highest BCUT2D eigenvalue weighted by Gasteiger charge is 2.13. The van der Waals surface area contributed by atoms with Gasteiger partial charge in [-0.2, -0.15) is 5.26 Å². The summed E-state index contributed by atoms with van der Waals surface area (Å²) in [7, 11) is 3.92. The Morgan fingerprint density at radius 2 is 1.53 bits per heavy atom. The molecule has 0 aliphatic carbocycles. The minimum absolute atomic E-state index is 0.527. The first-order chi connectivity index (χ1) is 14.7. The van der Waals surface area contributed by atoms with Gasteiger partial charge in [-0.3, -0.25) is 0 Å². The first kappa shape index (κ1) is 19.2. The number of hydrogen-bond donors (Lipinski definition) is 1. The van der Waals surface area contributed by atoms with Gasteiger partial charge in [-0.25, -0.2) is 4.98 Å². The standard InChI is InChI=1S/C26H22N4/c1-30(2)17-16-22-23-10-6-7-11-25(23)29-26(24(22)18-27)28-21-14-12-20(13-15-21)19-8-4-3-5-9-19/h3-17H,1-2H3,(H,28,29)/b17-16+. The third-order valence-corrected chi connectivity index (χ3v) is 4.84. The highest BCUT2D eigenvalue weighted by Crippen LogP contribution is 2.30. The summed E-state index contributed by atoms with van der Waals surface area (Å²) < 4.78 is 0. The van der Waals surface area contributed by atoms with Crippen LogP contribution in [0.1, 0.15) is 11.1 Å². The van der Waals surface area contributed by atoms with Crippen LogP contribution in [0.25, 0.3) is 28.1 Å². The van der Waals surface area contributed by atoms with Crippen LogP contribution in [0.4, 0.5) is 11.5 Å². The summed E-state index contributed by atoms with van der Waals surface area (Å²) in [4.78, 5) is 6.68. The smallest absolute Gasteiger partial charge is 0.149 e. The first-order valence-electron chi connectivity index (χ1n) is 9.75. The molecule has 0 amide bonds. The summed E-state index contributed by atoms with van der Waals surface area (Å²) in [5.41, 5.74) is 5.43. The number of rotatable bonds is 5. The van der Waals surface area contributed by atoms with Gasteiger partial charge in [-0.05, 0) is 41.6 Å². The molecule has 1 heterocycles. The van der Waals surface area contributed by atoms with E-state index in [9.17, 15) is 5.26 Å². The predicted octanol–water partition coefficient (Wildman–Crippen LogP) is 6.05. The Labute approximate surface area is 176 Å². The van der Waals surface area contributed by atoms with E-state index in [-0.39, 0.29) is 0 Å². The SMILES string of the molecule is CN(C)/C=C/c1c(C#N)c(Nc2ccc(-c3ccccc3)cc2)nc2ccccc12. The molecule has 4 nitrogen and oxygen atoms in total. The van der Waals surface area contributed by atoms with Crippen LogP contribution in [0, 0.1) is 11.3 Å². The van der Waals surface area contributed by atoms with Crippen molar-refractivity contribution >= 4 is 28.5 Å². The average molecular weight is 390 g/mol. The topological polar surface area (TPSA) is 52.0 Å². The summed E-state index contributed by atoms with van der Waals surface area (Å²) in [6, 6.07) is 28.6. The molecule has 0 atom stereocenters. The van der Waals surface area contributed by atoms with E-state index in [1.807, 2.05) is 85.9 Å². The third kappa shape index (κ3) is 4.01. The minimum atomic E-state index is 0.527. The molecule has 4 aromatic rings. The second kappa shape index (κ2) is 8.50. The molecule has 3 aromatic carbocycles. The summed E-state index contributed by atoms with van der Waals surface area (Å²) in [5, 5.41) is 14.2. The van der Waals surface area contributed by atoms with Gasteiger partial charge < -0.3 is 10.2 Å². The lowest BCUT2D eigenvalue weighted by Gasteiger charge is -2.13. The van der Waals surface area contributed by atoms with Gasteiger partial charge in [0.2, 0.25) is 0 Å². The Bertz CT molecular complexity index is 1230. The number of nitrogens with zero attached hydrogens (tertiary/aromatic N) is 3. The normalized spacial score (nSPS) is 10.8. The molecule has 0 aliphatic heterocycles. The van der Waals surface area contributed by atoms with E-state index in [0.717, 1.165) is 27.7 Å². The largest absolute Gasteiger partial charge is 0.383 e. The number of benzene rings is 3. The Morgan fingerprint density at radius 3 is 2.23 bits per heavy atom. The van der Waals surface area contributed by atoms with Crippen molar-refractivity contribution in [3.05, 3.63) is 96.2 Å². The van der Waals surface area contributed by atoms with Gasteiger partial charge in [0.15, 0.2) is 0 Å². The maximum Gasteiger partial charge on any atom is 0.149 e. The fraction of sp³-hybridized carbons (Fsp3) is 0.0769. The second-order valence-electron chi connectivity index (χ2n) is 7.23. The number of hydrogen-bond acceptors (Lipinski definition) is 4. The van der Waals surface area contributed by atoms with Crippen LogP contribution in [0.5, 0.6) is 0 Å². The Morgan fingerprint density at radius 1 is 0.867 bits per heavy atom. The van der Waals surface area contributed by atoms with Crippen molar-refractivity contribution in [1.82, 2.24) is 9.88 Å². The molecule has 146 valence electrons. The zero-order valence-electron chi connectivity index (χ0n) is 17.0. The molecular weight excluding hydrogens is 368 g/mol. The van der Waals surface area contributed by atoms with Crippen LogP contribution in [0.2, 0.25) is 0 Å². The Kier molecular flexibility index (Phi) is 5.45. The van der Waals surface area contributed by atoms with E-state index < -0.39 is 0 Å². The van der Waals surface area contributed by atoms with Gasteiger partial charge in [0.05, 0.1) is 5.52 Å². The van der Waals surface area contributed by atoms with Crippen molar-refractivity contribution in [3.63, 3.8) is 0 Å². The number of nitriles is 1. The van der Waals surface area contributed by atoms with Crippen LogP contribution >= 0.6 is 0 Å². The molecule has 1 aromatic heterocycles. The van der Waals surface area contributed by atoms with E-state index in [2.05, 4.69) is 35.7 Å². The number of para-hydroxylation sites is 1. The maximum absolute atomic E-state index is 9.92. The number of aromatic nitrogens is 1. The van der Waals surface area contributed by atoms with E-state index in [0.29, 0.717) is 11.4 Å². The molecule has 4 heteroatoms. The molecule has 1 N–H and O–H groups in total. The van der Waals surface area contributed by atoms with Crippen LogP contribution < -0.4 is 5.32 Å². The molecule has 0 fully saturated rings. The van der Waals surface area contributed by atoms with E-state index in [4.69, 9.17) is 4.98 Å². The van der Waals surface area contributed by atoms with Gasteiger partial charge in [-0.15, -0.1) is 0 Å². The van der Waals surface area contributed by atoms with Gasteiger partial charge in [0, 0.05) is 30.7 Å². The summed E-state index contributed by atoms with van der Waals surface area (Å²) in [6.45, 7) is 0. The number of anilines is 2. The zero-order valence-corrected chi connectivity index (χ0v) is 17.0. The molecule has 0 bridgehead atoms. The van der Waals surface area contributed by atoms with E-state index in [1.165, 1.54) is 5.56 Å². The van der Waals surface area contributed by atoms with E-state index >= 15 is 0 Å². The fourth-order valence-electron chi connectivity index (χ4n) is 3.35. The molecule has 0 saturated heterocycles. The molecule has 0 saturated carbocycles. The molecule has 0 aliphatic rings. The lowest BCUT2D eigenvalue weighted by molar-refractivity contribution is 0.567. The maximum atomic E-state index is 9.92. The van der Waals surface area contributed by atoms with Crippen LogP contribution in [0.3, 0.4) is 0 Å². The number of pyridine rings is 1. The Balaban J connectivity index is 1.75. The quantitative estimate of drug-likeness (QED) is 0.451. The van der Waals surface area contributed by atoms with Gasteiger partial charge in [0.1, 0.15) is 17.5 Å². The Hall–Kier alpha value is -4.10. The molecule has 0 unspecified atom stereocenters. The zero-order chi connectivity index (χ0) is 20.9. The first-order valence-corrected chi connectivity index (χ1v) is 9.75. The highest BCUT2D eigenvalue weighted by atomic mass is 15.0. The van der Waals surface area contributed by atoms with Crippen molar-refractivity contribution < 1.29 is 0 Å². The van der Waals surface area contributed by atoms with Gasteiger partial charge in [0.25, 0.3) is 0 Å². The van der Waals surface area contributed by atoms with E-state index in [1.54, 1.807) is 0 Å². The van der Waals surface area contributed by atoms with Gasteiger partial charge in [-0.1, -0.05) is 60.7 Å². The van der Waals surface area contributed by atoms with Crippen molar-refractivity contribution in [2.24, 2.45) is 0 Å². The number of nitrogens with one attached hydrogen (secondary N) is 1. The number of fused-ring (bicyclic) bond motifs is 1. The molecule has 0 spiro atoms. The molecule has 30 heavy (non-hydrogen) atoms. The molecule has 4 rings (SSSR count). The lowest BCUT2D eigenvalue weighted by atomic mass is 10.0. The summed E-state index contributed by atoms with van der Waals surface area (Å²) in [6.07, 6.45) is 3.91. The molecule has 0 radical (unpaired) electrons. The third-order valence-electron chi connectivity index (χ3n) is 4.84. The van der Waals surface area contributed by atoms with Crippen molar-refractivity contribution in [1.29, 1.82) is 5.26 Å². The second-order valence-corrected chi connectivity index (χ2v) is 7.23. The van der Waals surface area contributed by atoms with Crippen LogP contribution in [-0.2, 0) is 0 Å². The van der Waals surface area contributed by atoms with Gasteiger partial charge >= 0.3 is 0 Å². The minimum Gasteiger partial charge on any atom is -0.383 e. The predicted molar refractivity (Wildman–Crippen MR) is 124 cm³/mol. The van der Waals surface area contributed by atoms with Crippen molar-refractivity contribution in [2.45, 2.75) is 0 Å². The highest BCUT2D eigenvalue weighted by molar-refractivity contribution is 5.93. The molecular formula is C26H22N4. The van der Waals surface area contributed by atoms with Crippen molar-refractivity contribution in [2.75, 3.05) is 19.4 Å². The fourth-order valence-corrected chi connectivity index (χ4v) is 3.35. The van der Waals surface area contributed by atoms with Crippen molar-refractivity contribution in [3.8, 4) is 17.2 Å². The van der Waals surface area contributed by atoms with Crippen LogP contribution in [0.15, 0.2) is 85.1 Å². The lowest BCUT2D eigenvalue weighted by Crippen LogP contribution is -2.03. The monoisotopic (exact) mass is 390 g/mol. The average Bonchev–Trinajstić information content (AvgIpc) is 2.78. The summed E-state index contributed by atoms with van der Waals surface area (Å²) in [5.74, 6) is 0.557. The summed E-state index contributed by atoms with van der Waals surface area (Å²) >= 11 is 0. The van der Waals surface area contributed by atoms with Crippen LogP contribution in [-0.4, -0.2) is 24.0 Å².